The molecule has 3 aromatic heterocycles. The van der Waals surface area contributed by atoms with Crippen molar-refractivity contribution < 1.29 is 9.26 Å². The van der Waals surface area contributed by atoms with Crippen molar-refractivity contribution in [1.29, 1.82) is 0 Å². The Morgan fingerprint density at radius 2 is 2.29 bits per heavy atom. The van der Waals surface area contributed by atoms with Gasteiger partial charge in [-0.25, -0.2) is 4.98 Å². The van der Waals surface area contributed by atoms with Gasteiger partial charge in [0.2, 0.25) is 0 Å². The molecule has 0 aromatic carbocycles. The highest BCUT2D eigenvalue weighted by atomic mass is 16.5. The van der Waals surface area contributed by atoms with Crippen molar-refractivity contribution in [3.8, 4) is 17.3 Å². The highest BCUT2D eigenvalue weighted by molar-refractivity contribution is 5.53. The molecular formula is C14H15N5O2. The van der Waals surface area contributed by atoms with Crippen LogP contribution in [0.15, 0.2) is 35.4 Å². The molecule has 7 heteroatoms. The lowest BCUT2D eigenvalue weighted by atomic mass is 10.3. The Bertz CT molecular complexity index is 720. The van der Waals surface area contributed by atoms with Crippen LogP contribution in [-0.4, -0.2) is 31.8 Å². The zero-order valence-corrected chi connectivity index (χ0v) is 11.9. The number of ether oxygens (including phenoxy) is 1. The van der Waals surface area contributed by atoms with Gasteiger partial charge >= 0.3 is 0 Å². The summed E-state index contributed by atoms with van der Waals surface area (Å²) in [6.45, 7) is 2.35. The largest absolute Gasteiger partial charge is 0.378 e. The van der Waals surface area contributed by atoms with Crippen molar-refractivity contribution in [2.45, 2.75) is 20.0 Å². The lowest BCUT2D eigenvalue weighted by Crippen LogP contribution is -2.02. The van der Waals surface area contributed by atoms with Crippen LogP contribution in [0.1, 0.15) is 18.4 Å². The predicted molar refractivity (Wildman–Crippen MR) is 74.7 cm³/mol. The highest BCUT2D eigenvalue weighted by Crippen LogP contribution is 2.24. The molecule has 0 atom stereocenters. The van der Waals surface area contributed by atoms with E-state index in [1.807, 2.05) is 23.6 Å². The fourth-order valence-corrected chi connectivity index (χ4v) is 2.04. The van der Waals surface area contributed by atoms with Crippen LogP contribution < -0.4 is 0 Å². The molecule has 0 aliphatic rings. The maximum atomic E-state index is 5.27. The Balaban J connectivity index is 2.07. The SMILES string of the molecule is CCc1noc(-c2ncn(-c3cccnc3)c2COC)n1. The Hall–Kier alpha value is -2.54. The predicted octanol–water partition coefficient (Wildman–Crippen LogP) is 2.03. The number of rotatable bonds is 5. The van der Waals surface area contributed by atoms with E-state index in [0.717, 1.165) is 11.4 Å². The second-order valence-electron chi connectivity index (χ2n) is 4.42. The van der Waals surface area contributed by atoms with Crippen LogP contribution in [0.2, 0.25) is 0 Å². The van der Waals surface area contributed by atoms with E-state index in [-0.39, 0.29) is 0 Å². The normalized spacial score (nSPS) is 11.0. The monoisotopic (exact) mass is 285 g/mol. The summed E-state index contributed by atoms with van der Waals surface area (Å²) in [5.74, 6) is 1.06. The summed E-state index contributed by atoms with van der Waals surface area (Å²) in [7, 11) is 1.63. The highest BCUT2D eigenvalue weighted by Gasteiger charge is 2.19. The molecule has 108 valence electrons. The van der Waals surface area contributed by atoms with Crippen LogP contribution in [0, 0.1) is 0 Å². The first-order chi connectivity index (χ1) is 10.3. The molecule has 21 heavy (non-hydrogen) atoms. The van der Waals surface area contributed by atoms with Gasteiger partial charge in [0.15, 0.2) is 11.5 Å². The molecular weight excluding hydrogens is 270 g/mol. The molecule has 7 nitrogen and oxygen atoms in total. The molecule has 0 unspecified atom stereocenters. The Kier molecular flexibility index (Phi) is 3.74. The van der Waals surface area contributed by atoms with E-state index in [1.165, 1.54) is 0 Å². The number of aryl methyl sites for hydroxylation is 1. The second kappa shape index (κ2) is 5.84. The van der Waals surface area contributed by atoms with Gasteiger partial charge in [0.05, 0.1) is 24.2 Å². The van der Waals surface area contributed by atoms with E-state index in [2.05, 4.69) is 20.1 Å². The number of nitrogens with zero attached hydrogens (tertiary/aromatic N) is 5. The average Bonchev–Trinajstić information content (AvgIpc) is 3.15. The second-order valence-corrected chi connectivity index (χ2v) is 4.42. The van der Waals surface area contributed by atoms with E-state index >= 15 is 0 Å². The summed E-state index contributed by atoms with van der Waals surface area (Å²) in [5.41, 5.74) is 2.38. The molecule has 3 heterocycles. The average molecular weight is 285 g/mol. The molecule has 3 aromatic rings. The number of hydrogen-bond acceptors (Lipinski definition) is 6. The number of imidazole rings is 1. The lowest BCUT2D eigenvalue weighted by Gasteiger charge is -2.07. The van der Waals surface area contributed by atoms with E-state index in [9.17, 15) is 0 Å². The summed E-state index contributed by atoms with van der Waals surface area (Å²) in [5, 5.41) is 3.91. The Morgan fingerprint density at radius 3 is 2.95 bits per heavy atom. The van der Waals surface area contributed by atoms with Gasteiger partial charge in [0, 0.05) is 19.7 Å². The first-order valence-electron chi connectivity index (χ1n) is 6.62. The molecule has 0 saturated carbocycles. The van der Waals surface area contributed by atoms with Gasteiger partial charge in [-0.15, -0.1) is 0 Å². The van der Waals surface area contributed by atoms with Gasteiger partial charge < -0.3 is 9.26 Å². The van der Waals surface area contributed by atoms with Crippen molar-refractivity contribution >= 4 is 0 Å². The molecule has 0 radical (unpaired) electrons. The smallest absolute Gasteiger partial charge is 0.278 e. The number of methoxy groups -OCH3 is 1. The van der Waals surface area contributed by atoms with Crippen molar-refractivity contribution in [1.82, 2.24) is 24.7 Å². The van der Waals surface area contributed by atoms with Crippen LogP contribution in [0.4, 0.5) is 0 Å². The Morgan fingerprint density at radius 1 is 1.38 bits per heavy atom. The summed E-state index contributed by atoms with van der Waals surface area (Å²) in [6.07, 6.45) is 5.90. The zero-order chi connectivity index (χ0) is 14.7. The van der Waals surface area contributed by atoms with Crippen molar-refractivity contribution in [3.05, 3.63) is 42.4 Å². The third-order valence-electron chi connectivity index (χ3n) is 3.06. The van der Waals surface area contributed by atoms with E-state index in [1.54, 1.807) is 25.8 Å². The van der Waals surface area contributed by atoms with E-state index in [4.69, 9.17) is 9.26 Å². The third kappa shape index (κ3) is 2.55. The van der Waals surface area contributed by atoms with Gasteiger partial charge in [0.25, 0.3) is 5.89 Å². The standard InChI is InChI=1S/C14H15N5O2/c1-3-12-17-14(21-18-12)13-11(8-20-2)19(9-16-13)10-5-4-6-15-7-10/h4-7,9H,3,8H2,1-2H3. The molecule has 3 rings (SSSR count). The minimum atomic E-state index is 0.383. The van der Waals surface area contributed by atoms with Crippen molar-refractivity contribution in [3.63, 3.8) is 0 Å². The molecule has 0 spiro atoms. The van der Waals surface area contributed by atoms with Gasteiger partial charge in [-0.3, -0.25) is 9.55 Å². The van der Waals surface area contributed by atoms with Crippen LogP contribution >= 0.6 is 0 Å². The molecule has 0 bridgehead atoms. The minimum Gasteiger partial charge on any atom is -0.378 e. The van der Waals surface area contributed by atoms with E-state index < -0.39 is 0 Å². The van der Waals surface area contributed by atoms with Gasteiger partial charge in [-0.2, -0.15) is 4.98 Å². The fourth-order valence-electron chi connectivity index (χ4n) is 2.04. The molecule has 0 aliphatic heterocycles. The number of pyridine rings is 1. The fraction of sp³-hybridized carbons (Fsp3) is 0.286. The van der Waals surface area contributed by atoms with Gasteiger partial charge in [-0.05, 0) is 12.1 Å². The Labute approximate surface area is 121 Å². The van der Waals surface area contributed by atoms with Gasteiger partial charge in [0.1, 0.15) is 6.33 Å². The van der Waals surface area contributed by atoms with Crippen LogP contribution in [0.5, 0.6) is 0 Å². The van der Waals surface area contributed by atoms with Crippen LogP contribution in [-0.2, 0) is 17.8 Å². The minimum absolute atomic E-state index is 0.383. The summed E-state index contributed by atoms with van der Waals surface area (Å²) < 4.78 is 12.4. The number of hydrogen-bond donors (Lipinski definition) is 0. The van der Waals surface area contributed by atoms with Gasteiger partial charge in [-0.1, -0.05) is 12.1 Å². The summed E-state index contributed by atoms with van der Waals surface area (Å²) in [4.78, 5) is 12.8. The first kappa shape index (κ1) is 13.4. The summed E-state index contributed by atoms with van der Waals surface area (Å²) >= 11 is 0. The molecule has 0 N–H and O–H groups in total. The molecule has 0 amide bonds. The van der Waals surface area contributed by atoms with Crippen LogP contribution in [0.25, 0.3) is 17.3 Å². The van der Waals surface area contributed by atoms with Crippen molar-refractivity contribution in [2.75, 3.05) is 7.11 Å². The summed E-state index contributed by atoms with van der Waals surface area (Å²) in [6, 6.07) is 3.82. The molecule has 0 aliphatic carbocycles. The topological polar surface area (TPSA) is 78.9 Å². The van der Waals surface area contributed by atoms with E-state index in [0.29, 0.717) is 30.4 Å². The van der Waals surface area contributed by atoms with Crippen molar-refractivity contribution in [2.24, 2.45) is 0 Å². The quantitative estimate of drug-likeness (QED) is 0.713. The molecule has 0 saturated heterocycles. The zero-order valence-electron chi connectivity index (χ0n) is 11.9. The third-order valence-corrected chi connectivity index (χ3v) is 3.06. The maximum absolute atomic E-state index is 5.27. The first-order valence-corrected chi connectivity index (χ1v) is 6.62. The molecule has 0 fully saturated rings. The maximum Gasteiger partial charge on any atom is 0.278 e. The lowest BCUT2D eigenvalue weighted by molar-refractivity contribution is 0.180. The van der Waals surface area contributed by atoms with Crippen LogP contribution in [0.3, 0.4) is 0 Å². The number of aromatic nitrogens is 5.